The number of nitrogens with zero attached hydrogens (tertiary/aromatic N) is 1. The number of hydrogen-bond acceptors (Lipinski definition) is 6. The number of nitrogens with one attached hydrogen (secondary N) is 2. The van der Waals surface area contributed by atoms with Gasteiger partial charge >= 0.3 is 5.97 Å². The molecule has 1 aliphatic rings. The molecule has 1 aromatic carbocycles. The molecule has 2 rings (SSSR count). The molecule has 0 aliphatic carbocycles. The number of methoxy groups -OCH3 is 1. The SMILES string of the molecule is COC(=O)CCCCCN=C1NC(=O)[C@H](CC(=O)Nc2ccc(C)cc2C)S1. The quantitative estimate of drug-likeness (QED) is 0.486. The Morgan fingerprint density at radius 3 is 2.75 bits per heavy atom. The van der Waals surface area contributed by atoms with Crippen molar-refractivity contribution in [2.45, 2.75) is 51.2 Å². The van der Waals surface area contributed by atoms with E-state index in [4.69, 9.17) is 0 Å². The third-order valence-electron chi connectivity index (χ3n) is 4.33. The number of amides is 2. The largest absolute Gasteiger partial charge is 0.469 e. The minimum absolute atomic E-state index is 0.0992. The van der Waals surface area contributed by atoms with E-state index < -0.39 is 5.25 Å². The van der Waals surface area contributed by atoms with Crippen molar-refractivity contribution in [2.75, 3.05) is 19.0 Å². The minimum atomic E-state index is -0.469. The van der Waals surface area contributed by atoms with E-state index in [-0.39, 0.29) is 24.2 Å². The Labute approximate surface area is 169 Å². The van der Waals surface area contributed by atoms with Crippen molar-refractivity contribution in [1.82, 2.24) is 5.32 Å². The van der Waals surface area contributed by atoms with Crippen LogP contribution in [0.25, 0.3) is 0 Å². The standard InChI is InChI=1S/C20H27N3O4S/c1-13-8-9-15(14(2)11-13)22-17(24)12-16-19(26)23-20(28-16)21-10-6-4-5-7-18(25)27-3/h8-9,11,16H,4-7,10,12H2,1-3H3,(H,22,24)(H,21,23,26)/t16-/m0/s1. The maximum absolute atomic E-state index is 12.3. The van der Waals surface area contributed by atoms with Crippen LogP contribution in [0.4, 0.5) is 5.69 Å². The number of unbranched alkanes of at least 4 members (excludes halogenated alkanes) is 2. The van der Waals surface area contributed by atoms with Gasteiger partial charge in [-0.2, -0.15) is 0 Å². The first-order valence-electron chi connectivity index (χ1n) is 9.35. The molecule has 1 heterocycles. The highest BCUT2D eigenvalue weighted by atomic mass is 32.2. The summed E-state index contributed by atoms with van der Waals surface area (Å²) in [5.74, 6) is -0.583. The van der Waals surface area contributed by atoms with Gasteiger partial charge in [0, 0.05) is 25.1 Å². The van der Waals surface area contributed by atoms with E-state index in [2.05, 4.69) is 20.4 Å². The average Bonchev–Trinajstić information content (AvgIpc) is 2.99. The van der Waals surface area contributed by atoms with Crippen molar-refractivity contribution in [3.63, 3.8) is 0 Å². The summed E-state index contributed by atoms with van der Waals surface area (Å²) in [6.07, 6.45) is 2.97. The summed E-state index contributed by atoms with van der Waals surface area (Å²) in [5, 5.41) is 5.69. The smallest absolute Gasteiger partial charge is 0.305 e. The number of benzene rings is 1. The van der Waals surface area contributed by atoms with E-state index in [0.29, 0.717) is 18.1 Å². The summed E-state index contributed by atoms with van der Waals surface area (Å²) in [6, 6.07) is 5.82. The van der Waals surface area contributed by atoms with Crippen molar-refractivity contribution in [2.24, 2.45) is 4.99 Å². The van der Waals surface area contributed by atoms with Gasteiger partial charge in [0.05, 0.1) is 7.11 Å². The number of rotatable bonds is 9. The van der Waals surface area contributed by atoms with E-state index in [0.717, 1.165) is 36.1 Å². The molecule has 1 saturated heterocycles. The summed E-state index contributed by atoms with van der Waals surface area (Å²) in [6.45, 7) is 4.51. The second kappa shape index (κ2) is 10.8. The molecule has 1 fully saturated rings. The van der Waals surface area contributed by atoms with Crippen molar-refractivity contribution >= 4 is 40.4 Å². The number of carbonyl (C=O) groups excluding carboxylic acids is 3. The van der Waals surface area contributed by atoms with Crippen LogP contribution in [0.5, 0.6) is 0 Å². The van der Waals surface area contributed by atoms with Gasteiger partial charge in [0.1, 0.15) is 5.25 Å². The maximum Gasteiger partial charge on any atom is 0.305 e. The van der Waals surface area contributed by atoms with E-state index in [1.54, 1.807) is 0 Å². The fourth-order valence-electron chi connectivity index (χ4n) is 2.78. The van der Waals surface area contributed by atoms with Gasteiger partial charge in [-0.05, 0) is 38.3 Å². The number of aliphatic imine (C=N–C) groups is 1. The lowest BCUT2D eigenvalue weighted by Crippen LogP contribution is -2.28. The van der Waals surface area contributed by atoms with Gasteiger partial charge in [-0.1, -0.05) is 35.9 Å². The number of hydrogen-bond donors (Lipinski definition) is 2. The molecule has 8 heteroatoms. The Morgan fingerprint density at radius 2 is 2.04 bits per heavy atom. The molecule has 152 valence electrons. The first-order chi connectivity index (χ1) is 13.4. The number of thioether (sulfide) groups is 1. The van der Waals surface area contributed by atoms with Gasteiger partial charge < -0.3 is 15.4 Å². The number of carbonyl (C=O) groups is 3. The van der Waals surface area contributed by atoms with E-state index >= 15 is 0 Å². The summed E-state index contributed by atoms with van der Waals surface area (Å²) >= 11 is 1.29. The van der Waals surface area contributed by atoms with Crippen LogP contribution in [-0.4, -0.2) is 41.9 Å². The van der Waals surface area contributed by atoms with Crippen LogP contribution in [0.1, 0.15) is 43.2 Å². The summed E-state index contributed by atoms with van der Waals surface area (Å²) in [4.78, 5) is 39.8. The van der Waals surface area contributed by atoms with Crippen LogP contribution >= 0.6 is 11.8 Å². The first kappa shape index (κ1) is 21.9. The van der Waals surface area contributed by atoms with Gasteiger partial charge in [0.25, 0.3) is 0 Å². The fraction of sp³-hybridized carbons (Fsp3) is 0.500. The Hall–Kier alpha value is -2.35. The molecule has 0 radical (unpaired) electrons. The average molecular weight is 406 g/mol. The molecule has 0 aromatic heterocycles. The topological polar surface area (TPSA) is 96.9 Å². The molecule has 1 aliphatic heterocycles. The molecule has 2 N–H and O–H groups in total. The second-order valence-electron chi connectivity index (χ2n) is 6.74. The predicted molar refractivity (Wildman–Crippen MR) is 111 cm³/mol. The molecule has 0 unspecified atom stereocenters. The van der Waals surface area contributed by atoms with E-state index in [9.17, 15) is 14.4 Å². The number of anilines is 1. The maximum atomic E-state index is 12.3. The normalized spacial score (nSPS) is 17.5. The first-order valence-corrected chi connectivity index (χ1v) is 10.2. The monoisotopic (exact) mass is 405 g/mol. The number of aryl methyl sites for hydroxylation is 2. The van der Waals surface area contributed by atoms with Crippen LogP contribution in [-0.2, 0) is 19.1 Å². The van der Waals surface area contributed by atoms with Crippen molar-refractivity contribution in [3.8, 4) is 0 Å². The van der Waals surface area contributed by atoms with Crippen molar-refractivity contribution in [3.05, 3.63) is 29.3 Å². The molecule has 0 saturated carbocycles. The van der Waals surface area contributed by atoms with E-state index in [1.165, 1.54) is 18.9 Å². The Kier molecular flexibility index (Phi) is 8.50. The number of amidine groups is 1. The molecule has 0 bridgehead atoms. The van der Waals surface area contributed by atoms with Crippen LogP contribution in [0, 0.1) is 13.8 Å². The molecular weight excluding hydrogens is 378 g/mol. The van der Waals surface area contributed by atoms with Gasteiger partial charge in [0.2, 0.25) is 11.8 Å². The van der Waals surface area contributed by atoms with Gasteiger partial charge in [0.15, 0.2) is 5.17 Å². The minimum Gasteiger partial charge on any atom is -0.469 e. The van der Waals surface area contributed by atoms with Gasteiger partial charge in [-0.25, -0.2) is 0 Å². The molecule has 0 spiro atoms. The Bertz CT molecular complexity index is 764. The van der Waals surface area contributed by atoms with Crippen LogP contribution in [0.15, 0.2) is 23.2 Å². The van der Waals surface area contributed by atoms with Crippen LogP contribution in [0.3, 0.4) is 0 Å². The predicted octanol–water partition coefficient (Wildman–Crippen LogP) is 2.95. The van der Waals surface area contributed by atoms with Crippen molar-refractivity contribution < 1.29 is 19.1 Å². The summed E-state index contributed by atoms with van der Waals surface area (Å²) < 4.78 is 4.59. The zero-order valence-corrected chi connectivity index (χ0v) is 17.4. The lowest BCUT2D eigenvalue weighted by Gasteiger charge is -2.10. The molecule has 1 atom stereocenters. The third-order valence-corrected chi connectivity index (χ3v) is 5.45. The summed E-state index contributed by atoms with van der Waals surface area (Å²) in [5.41, 5.74) is 2.89. The molecular formula is C20H27N3O4S. The number of esters is 1. The Balaban J connectivity index is 1.74. The molecule has 28 heavy (non-hydrogen) atoms. The lowest BCUT2D eigenvalue weighted by atomic mass is 10.1. The van der Waals surface area contributed by atoms with E-state index in [1.807, 2.05) is 32.0 Å². The lowest BCUT2D eigenvalue weighted by molar-refractivity contribution is -0.140. The second-order valence-corrected chi connectivity index (χ2v) is 7.93. The third kappa shape index (κ3) is 6.99. The molecule has 1 aromatic rings. The van der Waals surface area contributed by atoms with Crippen LogP contribution < -0.4 is 10.6 Å². The zero-order valence-electron chi connectivity index (χ0n) is 16.5. The highest BCUT2D eigenvalue weighted by Crippen LogP contribution is 2.24. The fourth-order valence-corrected chi connectivity index (χ4v) is 3.77. The van der Waals surface area contributed by atoms with Gasteiger partial charge in [-0.3, -0.25) is 19.4 Å². The Morgan fingerprint density at radius 1 is 1.25 bits per heavy atom. The summed E-state index contributed by atoms with van der Waals surface area (Å²) in [7, 11) is 1.38. The highest BCUT2D eigenvalue weighted by Gasteiger charge is 2.32. The molecule has 7 nitrogen and oxygen atoms in total. The molecule has 2 amide bonds. The van der Waals surface area contributed by atoms with Gasteiger partial charge in [-0.15, -0.1) is 0 Å². The number of ether oxygens (including phenoxy) is 1. The van der Waals surface area contributed by atoms with Crippen molar-refractivity contribution in [1.29, 1.82) is 0 Å². The zero-order chi connectivity index (χ0) is 20.5. The van der Waals surface area contributed by atoms with Crippen LogP contribution in [0.2, 0.25) is 0 Å². The highest BCUT2D eigenvalue weighted by molar-refractivity contribution is 8.15.